The lowest BCUT2D eigenvalue weighted by Gasteiger charge is -2.02. The Morgan fingerprint density at radius 2 is 1.96 bits per heavy atom. The molecule has 0 fully saturated rings. The number of hydrogen-bond donors (Lipinski definition) is 1. The van der Waals surface area contributed by atoms with Crippen LogP contribution >= 0.6 is 0 Å². The monoisotopic (exact) mass is 313 g/mol. The molecule has 3 rings (SSSR count). The van der Waals surface area contributed by atoms with Gasteiger partial charge in [-0.2, -0.15) is 0 Å². The van der Waals surface area contributed by atoms with Crippen molar-refractivity contribution in [1.82, 2.24) is 10.2 Å². The van der Waals surface area contributed by atoms with Gasteiger partial charge in [-0.3, -0.25) is 10.1 Å². The van der Waals surface area contributed by atoms with Gasteiger partial charge in [0, 0.05) is 5.56 Å². The van der Waals surface area contributed by atoms with E-state index in [1.165, 1.54) is 18.6 Å². The van der Waals surface area contributed by atoms with Crippen LogP contribution in [0.3, 0.4) is 0 Å². The van der Waals surface area contributed by atoms with E-state index in [0.29, 0.717) is 0 Å². The fraction of sp³-hybridized carbons (Fsp3) is 0.0667. The quantitative estimate of drug-likeness (QED) is 0.719. The number of carbonyl (C=O) groups excluding carboxylic acids is 2. The highest BCUT2D eigenvalue weighted by molar-refractivity contribution is 5.94. The summed E-state index contributed by atoms with van der Waals surface area (Å²) in [4.78, 5) is 23.2. The Hall–Kier alpha value is -3.42. The van der Waals surface area contributed by atoms with Crippen LogP contribution in [0.1, 0.15) is 10.4 Å². The van der Waals surface area contributed by atoms with Crippen molar-refractivity contribution >= 4 is 17.9 Å². The second-order valence-electron chi connectivity index (χ2n) is 4.41. The lowest BCUT2D eigenvalue weighted by Crippen LogP contribution is -2.20. The van der Waals surface area contributed by atoms with Crippen LogP contribution in [0.2, 0.25) is 0 Å². The highest BCUT2D eigenvalue weighted by Crippen LogP contribution is 2.18. The van der Waals surface area contributed by atoms with Gasteiger partial charge in [0.2, 0.25) is 5.89 Å². The molecule has 1 amide bonds. The molecular weight excluding hydrogens is 302 g/mol. The van der Waals surface area contributed by atoms with E-state index in [9.17, 15) is 9.59 Å². The maximum Gasteiger partial charge on any atom is 0.341 e. The van der Waals surface area contributed by atoms with Gasteiger partial charge in [0.1, 0.15) is 6.26 Å². The third-order valence-corrected chi connectivity index (χ3v) is 2.78. The Labute approximate surface area is 130 Å². The van der Waals surface area contributed by atoms with Crippen molar-refractivity contribution < 1.29 is 23.2 Å². The van der Waals surface area contributed by atoms with Crippen molar-refractivity contribution in [1.29, 1.82) is 0 Å². The Balaban J connectivity index is 1.54. The standard InChI is InChI=1S/C15H11N3O5/c19-12(9-22-14(20)11-6-7-21-8-11)16-15-18-17-13(23-15)10-4-2-1-3-5-10/h1-8H,9H2,(H,16,18,19). The first-order valence-electron chi connectivity index (χ1n) is 6.60. The summed E-state index contributed by atoms with van der Waals surface area (Å²) in [7, 11) is 0. The first-order valence-corrected chi connectivity index (χ1v) is 6.60. The molecule has 8 heteroatoms. The van der Waals surface area contributed by atoms with Crippen LogP contribution in [0.4, 0.5) is 6.01 Å². The number of nitrogens with zero attached hydrogens (tertiary/aromatic N) is 2. The largest absolute Gasteiger partial charge is 0.472 e. The summed E-state index contributed by atoms with van der Waals surface area (Å²) < 4.78 is 14.9. The summed E-state index contributed by atoms with van der Waals surface area (Å²) in [6, 6.07) is 10.5. The summed E-state index contributed by atoms with van der Waals surface area (Å²) in [6.07, 6.45) is 2.56. The van der Waals surface area contributed by atoms with Crippen molar-refractivity contribution in [2.75, 3.05) is 11.9 Å². The zero-order valence-electron chi connectivity index (χ0n) is 11.8. The zero-order chi connectivity index (χ0) is 16.1. The number of rotatable bonds is 5. The van der Waals surface area contributed by atoms with Crippen LogP contribution in [-0.4, -0.2) is 28.7 Å². The number of esters is 1. The lowest BCUT2D eigenvalue weighted by molar-refractivity contribution is -0.119. The molecule has 0 spiro atoms. The number of amides is 1. The molecule has 0 aliphatic carbocycles. The van der Waals surface area contributed by atoms with E-state index in [-0.39, 0.29) is 17.5 Å². The fourth-order valence-electron chi connectivity index (χ4n) is 1.72. The molecule has 0 bridgehead atoms. The molecule has 0 radical (unpaired) electrons. The third kappa shape index (κ3) is 3.62. The van der Waals surface area contributed by atoms with Crippen molar-refractivity contribution in [3.63, 3.8) is 0 Å². The molecule has 23 heavy (non-hydrogen) atoms. The minimum atomic E-state index is -0.663. The zero-order valence-corrected chi connectivity index (χ0v) is 11.8. The second-order valence-corrected chi connectivity index (χ2v) is 4.41. The maximum atomic E-state index is 11.7. The minimum absolute atomic E-state index is 0.0757. The van der Waals surface area contributed by atoms with E-state index in [2.05, 4.69) is 15.5 Å². The fourth-order valence-corrected chi connectivity index (χ4v) is 1.72. The molecule has 0 aliphatic rings. The topological polar surface area (TPSA) is 107 Å². The van der Waals surface area contributed by atoms with Crippen molar-refractivity contribution in [3.8, 4) is 11.5 Å². The number of ether oxygens (including phenoxy) is 1. The van der Waals surface area contributed by atoms with Crippen molar-refractivity contribution in [2.45, 2.75) is 0 Å². The number of aromatic nitrogens is 2. The molecule has 116 valence electrons. The van der Waals surface area contributed by atoms with Gasteiger partial charge in [0.25, 0.3) is 5.91 Å². The van der Waals surface area contributed by atoms with Crippen LogP contribution in [0.25, 0.3) is 11.5 Å². The van der Waals surface area contributed by atoms with Gasteiger partial charge in [-0.15, -0.1) is 5.10 Å². The number of benzene rings is 1. The molecule has 2 aromatic heterocycles. The first-order chi connectivity index (χ1) is 11.2. The van der Waals surface area contributed by atoms with Gasteiger partial charge in [-0.1, -0.05) is 23.3 Å². The number of carbonyl (C=O) groups is 2. The smallest absolute Gasteiger partial charge is 0.341 e. The molecular formula is C15H11N3O5. The number of anilines is 1. The van der Waals surface area contributed by atoms with Crippen molar-refractivity contribution in [2.24, 2.45) is 0 Å². The van der Waals surface area contributed by atoms with Crippen LogP contribution in [0, 0.1) is 0 Å². The Morgan fingerprint density at radius 1 is 1.13 bits per heavy atom. The normalized spacial score (nSPS) is 10.3. The summed E-state index contributed by atoms with van der Waals surface area (Å²) in [5.41, 5.74) is 0.953. The molecule has 8 nitrogen and oxygen atoms in total. The van der Waals surface area contributed by atoms with E-state index >= 15 is 0 Å². The average Bonchev–Trinajstić information content (AvgIpc) is 3.25. The van der Waals surface area contributed by atoms with Crippen LogP contribution in [0.15, 0.2) is 57.8 Å². The third-order valence-electron chi connectivity index (χ3n) is 2.78. The van der Waals surface area contributed by atoms with E-state index in [1.54, 1.807) is 12.1 Å². The number of furan rings is 1. The van der Waals surface area contributed by atoms with E-state index in [0.717, 1.165) is 5.56 Å². The SMILES string of the molecule is O=C(COC(=O)c1ccoc1)Nc1nnc(-c2ccccc2)o1. The van der Waals surface area contributed by atoms with Gasteiger partial charge in [0.05, 0.1) is 11.8 Å². The predicted octanol–water partition coefficient (Wildman–Crippen LogP) is 2.13. The Morgan fingerprint density at radius 3 is 2.70 bits per heavy atom. The van der Waals surface area contributed by atoms with Gasteiger partial charge in [-0.25, -0.2) is 4.79 Å². The second kappa shape index (κ2) is 6.56. The highest BCUT2D eigenvalue weighted by Gasteiger charge is 2.14. The molecule has 1 aromatic carbocycles. The molecule has 1 N–H and O–H groups in total. The van der Waals surface area contributed by atoms with Crippen molar-refractivity contribution in [3.05, 3.63) is 54.5 Å². The summed E-state index contributed by atoms with van der Waals surface area (Å²) in [6.45, 7) is -0.479. The van der Waals surface area contributed by atoms with Crippen LogP contribution in [-0.2, 0) is 9.53 Å². The summed E-state index contributed by atoms with van der Waals surface area (Å²) in [5.74, 6) is -0.981. The van der Waals surface area contributed by atoms with Gasteiger partial charge < -0.3 is 13.6 Å². The van der Waals surface area contributed by atoms with Gasteiger partial charge >= 0.3 is 12.0 Å². The summed E-state index contributed by atoms with van der Waals surface area (Å²) >= 11 is 0. The Kier molecular flexibility index (Phi) is 4.14. The van der Waals surface area contributed by atoms with E-state index < -0.39 is 18.5 Å². The molecule has 0 aliphatic heterocycles. The molecule has 2 heterocycles. The number of nitrogens with one attached hydrogen (secondary N) is 1. The maximum absolute atomic E-state index is 11.7. The highest BCUT2D eigenvalue weighted by atomic mass is 16.5. The summed E-state index contributed by atoms with van der Waals surface area (Å²) in [5, 5.41) is 9.88. The minimum Gasteiger partial charge on any atom is -0.472 e. The molecule has 0 saturated heterocycles. The number of hydrogen-bond acceptors (Lipinski definition) is 7. The molecule has 0 atom stereocenters. The predicted molar refractivity (Wildman–Crippen MR) is 77.4 cm³/mol. The lowest BCUT2D eigenvalue weighted by atomic mass is 10.2. The van der Waals surface area contributed by atoms with Gasteiger partial charge in [-0.05, 0) is 18.2 Å². The molecule has 0 unspecified atom stereocenters. The molecule has 0 saturated carbocycles. The first kappa shape index (κ1) is 14.5. The van der Waals surface area contributed by atoms with Crippen LogP contribution in [0.5, 0.6) is 0 Å². The molecule has 3 aromatic rings. The van der Waals surface area contributed by atoms with Gasteiger partial charge in [0.15, 0.2) is 6.61 Å². The average molecular weight is 313 g/mol. The van der Waals surface area contributed by atoms with E-state index in [4.69, 9.17) is 13.6 Å². The Bertz CT molecular complexity index is 796. The van der Waals surface area contributed by atoms with E-state index in [1.807, 2.05) is 18.2 Å². The van der Waals surface area contributed by atoms with Crippen LogP contribution < -0.4 is 5.32 Å².